The molecule has 4 heterocycles. The molecule has 1 aromatic carbocycles. The average Bonchev–Trinajstić information content (AvgIpc) is 3.38. The van der Waals surface area contributed by atoms with Crippen LogP contribution in [-0.2, 0) is 16.0 Å². The molecule has 0 radical (unpaired) electrons. The Kier molecular flexibility index (Phi) is 7.85. The molecule has 0 spiro atoms. The Morgan fingerprint density at radius 1 is 1.23 bits per heavy atom. The van der Waals surface area contributed by atoms with Gasteiger partial charge in [-0.2, -0.15) is 14.2 Å². The highest BCUT2D eigenvalue weighted by atomic mass is 19.1. The summed E-state index contributed by atoms with van der Waals surface area (Å²) >= 11 is 0. The summed E-state index contributed by atoms with van der Waals surface area (Å²) in [7, 11) is 1.65. The number of rotatable bonds is 4. The van der Waals surface area contributed by atoms with Crippen molar-refractivity contribution in [3.8, 4) is 17.6 Å². The predicted molar refractivity (Wildman–Crippen MR) is 146 cm³/mol. The Balaban J connectivity index is 1.25. The second-order valence-corrected chi connectivity index (χ2v) is 10.7. The monoisotopic (exact) mass is 545 g/mol. The molecule has 3 aromatic rings. The molecule has 2 aliphatic rings. The highest BCUT2D eigenvalue weighted by molar-refractivity contribution is 6.00. The van der Waals surface area contributed by atoms with Crippen LogP contribution in [0.5, 0.6) is 5.75 Å². The van der Waals surface area contributed by atoms with Gasteiger partial charge in [0.2, 0.25) is 5.95 Å². The molecule has 0 saturated carbocycles. The molecule has 0 unspecified atom stereocenters. The minimum Gasteiger partial charge on any atom is -0.489 e. The molecule has 9 nitrogen and oxygen atoms in total. The standard InChI is InChI=1S/C30H32FN5O4/c1-30(2,22-10-13-39-14-11-22)12-9-20-7-8-26-25(16-20)35(3)28(37)24(19-40-26)34-29(38)36-18-21(17-32-36)15-23-5-4-6-27(31)33-23/h4-8,16-18,22,24H,10-11,13-15,19H2,1-3H3,(H,34,38)/t24-/m0/s1. The van der Waals surface area contributed by atoms with E-state index >= 15 is 0 Å². The Bertz CT molecular complexity index is 1470. The van der Waals surface area contributed by atoms with Crippen molar-refractivity contribution in [1.82, 2.24) is 20.1 Å². The van der Waals surface area contributed by atoms with E-state index < -0.39 is 18.0 Å². The molecular formula is C30H32FN5O4. The third kappa shape index (κ3) is 6.15. The number of hydrogen-bond donors (Lipinski definition) is 1. The van der Waals surface area contributed by atoms with Gasteiger partial charge in [-0.1, -0.05) is 17.9 Å². The van der Waals surface area contributed by atoms with Crippen molar-refractivity contribution in [3.63, 3.8) is 0 Å². The third-order valence-corrected chi connectivity index (χ3v) is 7.43. The minimum atomic E-state index is -0.926. The molecule has 10 heteroatoms. The first-order valence-electron chi connectivity index (χ1n) is 13.3. The Morgan fingerprint density at radius 2 is 2.02 bits per heavy atom. The number of nitrogens with zero attached hydrogens (tertiary/aromatic N) is 4. The topological polar surface area (TPSA) is 98.6 Å². The summed E-state index contributed by atoms with van der Waals surface area (Å²) in [5, 5.41) is 6.79. The molecule has 0 aliphatic carbocycles. The van der Waals surface area contributed by atoms with E-state index in [4.69, 9.17) is 9.47 Å². The van der Waals surface area contributed by atoms with Gasteiger partial charge in [-0.05, 0) is 68.5 Å². The van der Waals surface area contributed by atoms with Crippen LogP contribution in [0.15, 0.2) is 48.8 Å². The fourth-order valence-electron chi connectivity index (χ4n) is 4.97. The summed E-state index contributed by atoms with van der Waals surface area (Å²) in [5.74, 6) is 6.82. The van der Waals surface area contributed by atoms with Gasteiger partial charge in [-0.15, -0.1) is 0 Å². The van der Waals surface area contributed by atoms with E-state index in [2.05, 4.69) is 41.1 Å². The first-order chi connectivity index (χ1) is 19.2. The average molecular weight is 546 g/mol. The molecule has 2 aliphatic heterocycles. The molecule has 208 valence electrons. The number of anilines is 1. The number of benzene rings is 1. The van der Waals surface area contributed by atoms with E-state index in [-0.39, 0.29) is 17.9 Å². The number of pyridine rings is 1. The van der Waals surface area contributed by atoms with Crippen molar-refractivity contribution in [2.45, 2.75) is 39.2 Å². The van der Waals surface area contributed by atoms with Crippen molar-refractivity contribution in [1.29, 1.82) is 0 Å². The van der Waals surface area contributed by atoms with Gasteiger partial charge in [-0.3, -0.25) is 4.79 Å². The Labute approximate surface area is 232 Å². The summed E-state index contributed by atoms with van der Waals surface area (Å²) in [5.41, 5.74) is 2.39. The van der Waals surface area contributed by atoms with Crippen LogP contribution in [0.25, 0.3) is 0 Å². The molecular weight excluding hydrogens is 513 g/mol. The molecule has 2 amide bonds. The molecule has 5 rings (SSSR count). The fourth-order valence-corrected chi connectivity index (χ4v) is 4.97. The molecule has 0 bridgehead atoms. The lowest BCUT2D eigenvalue weighted by molar-refractivity contribution is -0.120. The van der Waals surface area contributed by atoms with Gasteiger partial charge in [0.05, 0.1) is 11.9 Å². The van der Waals surface area contributed by atoms with Gasteiger partial charge in [0, 0.05) is 49.6 Å². The zero-order valence-electron chi connectivity index (χ0n) is 22.8. The van der Waals surface area contributed by atoms with E-state index in [1.54, 1.807) is 25.2 Å². The lowest BCUT2D eigenvalue weighted by Gasteiger charge is -2.32. The molecule has 1 fully saturated rings. The smallest absolute Gasteiger partial charge is 0.342 e. The third-order valence-electron chi connectivity index (χ3n) is 7.43. The van der Waals surface area contributed by atoms with Gasteiger partial charge in [-0.25, -0.2) is 9.78 Å². The lowest BCUT2D eigenvalue weighted by atomic mass is 9.75. The number of amides is 2. The molecule has 2 aromatic heterocycles. The fraction of sp³-hybridized carbons (Fsp3) is 0.400. The van der Waals surface area contributed by atoms with Crippen molar-refractivity contribution in [2.75, 3.05) is 31.8 Å². The number of ether oxygens (including phenoxy) is 2. The number of fused-ring (bicyclic) bond motifs is 1. The lowest BCUT2D eigenvalue weighted by Crippen LogP contribution is -2.50. The quantitative estimate of drug-likeness (QED) is 0.396. The van der Waals surface area contributed by atoms with Crippen LogP contribution < -0.4 is 15.0 Å². The maximum absolute atomic E-state index is 13.4. The van der Waals surface area contributed by atoms with Gasteiger partial charge in [0.15, 0.2) is 0 Å². The van der Waals surface area contributed by atoms with E-state index in [0.29, 0.717) is 35.0 Å². The number of hydrogen-bond acceptors (Lipinski definition) is 6. The van der Waals surface area contributed by atoms with Crippen LogP contribution in [0.3, 0.4) is 0 Å². The van der Waals surface area contributed by atoms with E-state index in [0.717, 1.165) is 36.3 Å². The SMILES string of the molecule is CN1C(=O)[C@@H](NC(=O)n2cc(Cc3cccc(F)n3)cn2)COc2ccc(C#CC(C)(C)C3CCOCC3)cc21. The number of carbonyl (C=O) groups excluding carboxylic acids is 2. The number of nitrogens with one attached hydrogen (secondary N) is 1. The van der Waals surface area contributed by atoms with Crippen LogP contribution >= 0.6 is 0 Å². The van der Waals surface area contributed by atoms with Crippen molar-refractivity contribution in [3.05, 3.63) is 71.6 Å². The van der Waals surface area contributed by atoms with Gasteiger partial charge in [0.1, 0.15) is 18.4 Å². The largest absolute Gasteiger partial charge is 0.489 e. The molecule has 40 heavy (non-hydrogen) atoms. The van der Waals surface area contributed by atoms with Gasteiger partial charge < -0.3 is 19.7 Å². The summed E-state index contributed by atoms with van der Waals surface area (Å²) in [6.07, 6.45) is 5.33. The summed E-state index contributed by atoms with van der Waals surface area (Å²) in [6, 6.07) is 8.54. The molecule has 1 atom stereocenters. The zero-order chi connectivity index (χ0) is 28.3. The van der Waals surface area contributed by atoms with Gasteiger partial charge >= 0.3 is 6.03 Å². The summed E-state index contributed by atoms with van der Waals surface area (Å²) in [6.45, 7) is 5.82. The maximum atomic E-state index is 13.4. The second-order valence-electron chi connectivity index (χ2n) is 10.7. The minimum absolute atomic E-state index is 0.0366. The first kappa shape index (κ1) is 27.3. The maximum Gasteiger partial charge on any atom is 0.342 e. The number of aromatic nitrogens is 3. The first-order valence-corrected chi connectivity index (χ1v) is 13.3. The van der Waals surface area contributed by atoms with Crippen molar-refractivity contribution >= 4 is 17.6 Å². The number of likely N-dealkylation sites (N-methyl/N-ethyl adjacent to an activating group) is 1. The predicted octanol–water partition coefficient (Wildman–Crippen LogP) is 3.79. The van der Waals surface area contributed by atoms with Crippen LogP contribution in [-0.4, -0.2) is 59.6 Å². The van der Waals surface area contributed by atoms with Crippen LogP contribution in [0, 0.1) is 29.1 Å². The second kappa shape index (κ2) is 11.5. The molecule has 1 N–H and O–H groups in total. The summed E-state index contributed by atoms with van der Waals surface area (Å²) in [4.78, 5) is 31.5. The Morgan fingerprint density at radius 3 is 2.80 bits per heavy atom. The van der Waals surface area contributed by atoms with E-state index in [9.17, 15) is 14.0 Å². The normalized spacial score (nSPS) is 17.8. The summed E-state index contributed by atoms with van der Waals surface area (Å²) < 4.78 is 25.9. The number of halogens is 1. The van der Waals surface area contributed by atoms with Crippen LogP contribution in [0.4, 0.5) is 14.9 Å². The number of carbonyl (C=O) groups is 2. The van der Waals surface area contributed by atoms with Crippen molar-refractivity contribution in [2.24, 2.45) is 11.3 Å². The highest BCUT2D eigenvalue weighted by Crippen LogP contribution is 2.35. The van der Waals surface area contributed by atoms with E-state index in [1.807, 2.05) is 12.1 Å². The highest BCUT2D eigenvalue weighted by Gasteiger charge is 2.32. The van der Waals surface area contributed by atoms with Crippen LogP contribution in [0.2, 0.25) is 0 Å². The van der Waals surface area contributed by atoms with E-state index in [1.165, 1.54) is 23.4 Å². The molecule has 1 saturated heterocycles. The van der Waals surface area contributed by atoms with Crippen LogP contribution in [0.1, 0.15) is 43.5 Å². The zero-order valence-corrected chi connectivity index (χ0v) is 22.8. The van der Waals surface area contributed by atoms with Crippen molar-refractivity contribution < 1.29 is 23.5 Å². The Hall–Kier alpha value is -4.23. The van der Waals surface area contributed by atoms with Gasteiger partial charge in [0.25, 0.3) is 5.91 Å².